The average molecular weight is 326 g/mol. The second kappa shape index (κ2) is 8.41. The molecule has 1 aromatic rings. The number of carbonyl (C=O) groups is 1. The van der Waals surface area contributed by atoms with Gasteiger partial charge in [0.2, 0.25) is 5.91 Å². The first-order valence-corrected chi connectivity index (χ1v) is 9.09. The van der Waals surface area contributed by atoms with Crippen LogP contribution in [0.25, 0.3) is 0 Å². The summed E-state index contributed by atoms with van der Waals surface area (Å²) in [5, 5.41) is 9.85. The Balaban J connectivity index is 1.84. The summed E-state index contributed by atoms with van der Waals surface area (Å²) in [6.45, 7) is 5.25. The zero-order chi connectivity index (χ0) is 15.9. The van der Waals surface area contributed by atoms with E-state index in [0.29, 0.717) is 17.6 Å². The maximum absolute atomic E-state index is 12.2. The van der Waals surface area contributed by atoms with Gasteiger partial charge in [-0.1, -0.05) is 37.9 Å². The van der Waals surface area contributed by atoms with Crippen LogP contribution in [0.2, 0.25) is 0 Å². The number of nitrogens with one attached hydrogen (secondary N) is 2. The van der Waals surface area contributed by atoms with Crippen molar-refractivity contribution >= 4 is 17.7 Å². The van der Waals surface area contributed by atoms with Gasteiger partial charge in [0.1, 0.15) is 0 Å². The zero-order valence-corrected chi connectivity index (χ0v) is 14.2. The van der Waals surface area contributed by atoms with Gasteiger partial charge in [-0.05, 0) is 32.1 Å². The van der Waals surface area contributed by atoms with Gasteiger partial charge in [0.25, 0.3) is 0 Å². The summed E-state index contributed by atoms with van der Waals surface area (Å²) in [5.41, 5.74) is -0.209. The fraction of sp³-hybridized carbons (Fsp3) is 0.800. The van der Waals surface area contributed by atoms with E-state index in [1.165, 1.54) is 43.9 Å². The maximum Gasteiger partial charge on any atom is 0.343 e. The van der Waals surface area contributed by atoms with Gasteiger partial charge >= 0.3 is 5.69 Å². The molecule has 0 aromatic carbocycles. The van der Waals surface area contributed by atoms with Crippen LogP contribution in [-0.4, -0.2) is 32.5 Å². The molecule has 0 unspecified atom stereocenters. The summed E-state index contributed by atoms with van der Waals surface area (Å²) in [6.07, 6.45) is 7.18. The maximum atomic E-state index is 12.2. The van der Waals surface area contributed by atoms with Crippen LogP contribution in [0.5, 0.6) is 0 Å². The number of rotatable bonds is 7. The third-order valence-corrected chi connectivity index (χ3v) is 5.20. The van der Waals surface area contributed by atoms with Gasteiger partial charge in [0, 0.05) is 13.1 Å². The second-order valence-corrected chi connectivity index (χ2v) is 7.28. The van der Waals surface area contributed by atoms with Crippen LogP contribution in [0.15, 0.2) is 9.95 Å². The van der Waals surface area contributed by atoms with Crippen molar-refractivity contribution in [1.82, 2.24) is 20.1 Å². The van der Waals surface area contributed by atoms with Gasteiger partial charge in [-0.3, -0.25) is 9.36 Å². The monoisotopic (exact) mass is 326 g/mol. The van der Waals surface area contributed by atoms with Crippen molar-refractivity contribution in [2.24, 2.45) is 5.92 Å². The third kappa shape index (κ3) is 4.63. The molecule has 1 saturated carbocycles. The van der Waals surface area contributed by atoms with Gasteiger partial charge in [-0.25, -0.2) is 9.89 Å². The van der Waals surface area contributed by atoms with E-state index < -0.39 is 0 Å². The highest BCUT2D eigenvalue weighted by Crippen LogP contribution is 2.23. The summed E-state index contributed by atoms with van der Waals surface area (Å²) in [7, 11) is 0. The lowest BCUT2D eigenvalue weighted by Gasteiger charge is -2.22. The van der Waals surface area contributed by atoms with Crippen LogP contribution in [0.1, 0.15) is 52.4 Å². The highest BCUT2D eigenvalue weighted by Gasteiger charge is 2.20. The van der Waals surface area contributed by atoms with E-state index in [9.17, 15) is 9.59 Å². The van der Waals surface area contributed by atoms with Crippen LogP contribution < -0.4 is 11.0 Å². The van der Waals surface area contributed by atoms with Gasteiger partial charge in [0.15, 0.2) is 5.16 Å². The molecule has 2 N–H and O–H groups in total. The molecule has 1 fully saturated rings. The van der Waals surface area contributed by atoms with Crippen molar-refractivity contribution in [1.29, 1.82) is 0 Å². The molecule has 1 aliphatic carbocycles. The molecule has 2 rings (SSSR count). The van der Waals surface area contributed by atoms with Crippen LogP contribution in [0.3, 0.4) is 0 Å². The normalized spacial score (nSPS) is 17.4. The van der Waals surface area contributed by atoms with E-state index in [4.69, 9.17) is 0 Å². The minimum atomic E-state index is -0.255. The molecule has 1 amide bonds. The molecule has 0 saturated heterocycles. The summed E-state index contributed by atoms with van der Waals surface area (Å²) < 4.78 is 1.59. The minimum absolute atomic E-state index is 0.0223. The van der Waals surface area contributed by atoms with Crippen LogP contribution >= 0.6 is 11.8 Å². The number of aromatic amines is 1. The van der Waals surface area contributed by atoms with Crippen LogP contribution in [0, 0.1) is 5.92 Å². The molecule has 0 bridgehead atoms. The van der Waals surface area contributed by atoms with E-state index in [2.05, 4.69) is 15.5 Å². The van der Waals surface area contributed by atoms with E-state index in [1.54, 1.807) is 4.57 Å². The predicted molar refractivity (Wildman–Crippen MR) is 88.0 cm³/mol. The van der Waals surface area contributed by atoms with Crippen LogP contribution in [0.4, 0.5) is 0 Å². The summed E-state index contributed by atoms with van der Waals surface area (Å²) >= 11 is 1.33. The molecule has 0 radical (unpaired) electrons. The largest absolute Gasteiger partial charge is 0.355 e. The molecule has 1 heterocycles. The highest BCUT2D eigenvalue weighted by atomic mass is 32.2. The fourth-order valence-corrected chi connectivity index (χ4v) is 3.71. The van der Waals surface area contributed by atoms with E-state index in [0.717, 1.165) is 13.0 Å². The molecule has 7 heteroatoms. The Labute approximate surface area is 135 Å². The number of carbonyl (C=O) groups excluding carboxylic acids is 1. The lowest BCUT2D eigenvalue weighted by molar-refractivity contribution is -0.120. The number of thioether (sulfide) groups is 1. The number of amides is 1. The molecule has 0 aliphatic heterocycles. The molecule has 6 nitrogen and oxygen atoms in total. The van der Waals surface area contributed by atoms with Crippen molar-refractivity contribution in [3.05, 3.63) is 10.5 Å². The Morgan fingerprint density at radius 1 is 1.45 bits per heavy atom. The molecule has 1 atom stereocenters. The van der Waals surface area contributed by atoms with Gasteiger partial charge in [-0.2, -0.15) is 0 Å². The Morgan fingerprint density at radius 3 is 2.86 bits per heavy atom. The quantitative estimate of drug-likeness (QED) is 0.753. The van der Waals surface area contributed by atoms with Crippen molar-refractivity contribution in [3.63, 3.8) is 0 Å². The number of aromatic nitrogens is 3. The second-order valence-electron chi connectivity index (χ2n) is 5.97. The van der Waals surface area contributed by atoms with Gasteiger partial charge in [-0.15, -0.1) is 5.10 Å². The molecule has 1 aliphatic rings. The summed E-state index contributed by atoms with van der Waals surface area (Å²) in [4.78, 5) is 23.9. The smallest absolute Gasteiger partial charge is 0.343 e. The first-order valence-electron chi connectivity index (χ1n) is 8.21. The molecular formula is C15H26N4O2S. The standard InChI is InChI=1S/C15H26N4O2S/c1-3-9-19-14(21)17-18-15(19)22-11(2)13(20)16-10-12-7-5-4-6-8-12/h11-12H,3-10H2,1-2H3,(H,16,20)(H,17,21)/t11-/m0/s1. The Morgan fingerprint density at radius 2 is 2.18 bits per heavy atom. The Hall–Kier alpha value is -1.24. The topological polar surface area (TPSA) is 79.8 Å². The van der Waals surface area contributed by atoms with Crippen molar-refractivity contribution in [3.8, 4) is 0 Å². The van der Waals surface area contributed by atoms with E-state index in [1.807, 2.05) is 13.8 Å². The number of nitrogens with zero attached hydrogens (tertiary/aromatic N) is 2. The molecule has 0 spiro atoms. The molecular weight excluding hydrogens is 300 g/mol. The van der Waals surface area contributed by atoms with Gasteiger partial charge < -0.3 is 5.32 Å². The first kappa shape index (κ1) is 17.1. The molecule has 22 heavy (non-hydrogen) atoms. The number of H-pyrrole nitrogens is 1. The number of hydrogen-bond acceptors (Lipinski definition) is 4. The lowest BCUT2D eigenvalue weighted by Crippen LogP contribution is -2.35. The first-order chi connectivity index (χ1) is 10.6. The lowest BCUT2D eigenvalue weighted by atomic mass is 9.89. The van der Waals surface area contributed by atoms with Gasteiger partial charge in [0.05, 0.1) is 5.25 Å². The average Bonchev–Trinajstić information content (AvgIpc) is 2.87. The number of hydrogen-bond donors (Lipinski definition) is 2. The zero-order valence-electron chi connectivity index (χ0n) is 13.4. The Kier molecular flexibility index (Phi) is 6.54. The third-order valence-electron chi connectivity index (χ3n) is 4.11. The molecule has 124 valence electrons. The van der Waals surface area contributed by atoms with Crippen molar-refractivity contribution in [2.75, 3.05) is 6.54 Å². The van der Waals surface area contributed by atoms with Crippen molar-refractivity contribution < 1.29 is 4.79 Å². The summed E-state index contributed by atoms with van der Waals surface area (Å²) in [6, 6.07) is 0. The summed E-state index contributed by atoms with van der Waals surface area (Å²) in [5.74, 6) is 0.646. The van der Waals surface area contributed by atoms with Crippen LogP contribution in [-0.2, 0) is 11.3 Å². The highest BCUT2D eigenvalue weighted by molar-refractivity contribution is 8.00. The van der Waals surface area contributed by atoms with E-state index in [-0.39, 0.29) is 16.8 Å². The SMILES string of the molecule is CCCn1c(S[C@@H](C)C(=O)NCC2CCCCC2)n[nH]c1=O. The fourth-order valence-electron chi connectivity index (χ4n) is 2.81. The Bertz CT molecular complexity index is 534. The predicted octanol–water partition coefficient (Wildman–Crippen LogP) is 2.16. The minimum Gasteiger partial charge on any atom is -0.355 e. The molecule has 1 aromatic heterocycles. The van der Waals surface area contributed by atoms with E-state index >= 15 is 0 Å². The van der Waals surface area contributed by atoms with Crippen molar-refractivity contribution in [2.45, 2.75) is 69.3 Å².